The third-order valence-corrected chi connectivity index (χ3v) is 5.57. The van der Waals surface area contributed by atoms with E-state index in [4.69, 9.17) is 4.55 Å². The highest BCUT2D eigenvalue weighted by Gasteiger charge is 2.28. The summed E-state index contributed by atoms with van der Waals surface area (Å²) in [5.41, 5.74) is 1.57. The van der Waals surface area contributed by atoms with Gasteiger partial charge in [0.25, 0.3) is 10.1 Å². The molecule has 1 fully saturated rings. The van der Waals surface area contributed by atoms with Gasteiger partial charge in [-0.05, 0) is 65.7 Å². The number of nitrogens with zero attached hydrogens (tertiary/aromatic N) is 2. The highest BCUT2D eigenvalue weighted by molar-refractivity contribution is 7.85. The van der Waals surface area contributed by atoms with Gasteiger partial charge in [0.15, 0.2) is 0 Å². The average Bonchev–Trinajstić information content (AvgIpc) is 3.04. The van der Waals surface area contributed by atoms with Crippen molar-refractivity contribution in [2.45, 2.75) is 31.6 Å². The van der Waals surface area contributed by atoms with Crippen LogP contribution in [0.4, 0.5) is 0 Å². The molecule has 1 aliphatic heterocycles. The number of hydrogen-bond acceptors (Lipinski definition) is 5. The van der Waals surface area contributed by atoms with Crippen LogP contribution in [0.15, 0.2) is 53.6 Å². The molecule has 1 atom stereocenters. The molecule has 172 valence electrons. The lowest BCUT2D eigenvalue weighted by Crippen LogP contribution is -2.28. The standard InChI is InChI=1S/C15H25N3O2.C7H8O3S/c1-5-18-10-7-13(15(18)20)11-12(2)14(19)16-8-6-9-17(3)4;1-6-2-4-7(5-3-6)11(8,9)10/h5,11,13H,1,6-10H2,2-4H3,(H,16,19);2-5H,1H3,(H,8,9,10). The van der Waals surface area contributed by atoms with E-state index in [1.165, 1.54) is 12.1 Å². The predicted octanol–water partition coefficient (Wildman–Crippen LogP) is 2.23. The largest absolute Gasteiger partial charge is 0.352 e. The minimum Gasteiger partial charge on any atom is -0.352 e. The number of carbonyl (C=O) groups is 2. The van der Waals surface area contributed by atoms with E-state index in [0.717, 1.165) is 24.9 Å². The molecule has 1 saturated heterocycles. The molecule has 1 heterocycles. The van der Waals surface area contributed by atoms with Crippen molar-refractivity contribution in [2.75, 3.05) is 33.7 Å². The van der Waals surface area contributed by atoms with Crippen molar-refractivity contribution in [2.24, 2.45) is 5.92 Å². The summed E-state index contributed by atoms with van der Waals surface area (Å²) in [4.78, 5) is 27.4. The smallest absolute Gasteiger partial charge is 0.294 e. The van der Waals surface area contributed by atoms with E-state index >= 15 is 0 Å². The number of nitrogens with one attached hydrogen (secondary N) is 1. The molecule has 0 radical (unpaired) electrons. The number of hydrogen-bond donors (Lipinski definition) is 2. The molecule has 1 aromatic carbocycles. The van der Waals surface area contributed by atoms with Crippen LogP contribution < -0.4 is 5.32 Å². The lowest BCUT2D eigenvalue weighted by Gasteiger charge is -2.11. The predicted molar refractivity (Wildman–Crippen MR) is 121 cm³/mol. The van der Waals surface area contributed by atoms with E-state index in [1.807, 2.05) is 21.0 Å². The molecule has 0 spiro atoms. The first-order valence-corrected chi connectivity index (χ1v) is 11.5. The molecule has 0 bridgehead atoms. The third-order valence-electron chi connectivity index (χ3n) is 4.70. The molecule has 0 aromatic heterocycles. The Balaban J connectivity index is 0.000000367. The number of carbonyl (C=O) groups excluding carboxylic acids is 2. The molecule has 9 heteroatoms. The summed E-state index contributed by atoms with van der Waals surface area (Å²) in [6, 6.07) is 5.99. The van der Waals surface area contributed by atoms with Gasteiger partial charge in [-0.3, -0.25) is 14.1 Å². The second kappa shape index (κ2) is 12.4. The molecular weight excluding hydrogens is 418 g/mol. The first-order chi connectivity index (χ1) is 14.5. The quantitative estimate of drug-likeness (QED) is 0.357. The van der Waals surface area contributed by atoms with Crippen molar-refractivity contribution < 1.29 is 22.6 Å². The Labute approximate surface area is 185 Å². The summed E-state index contributed by atoms with van der Waals surface area (Å²) < 4.78 is 29.6. The van der Waals surface area contributed by atoms with Crippen LogP contribution in [-0.4, -0.2) is 68.3 Å². The Kier molecular flexibility index (Phi) is 10.6. The van der Waals surface area contributed by atoms with Gasteiger partial charge in [0, 0.05) is 18.7 Å². The fourth-order valence-electron chi connectivity index (χ4n) is 2.89. The zero-order valence-electron chi connectivity index (χ0n) is 18.7. The van der Waals surface area contributed by atoms with Gasteiger partial charge in [-0.25, -0.2) is 0 Å². The molecule has 1 aliphatic rings. The summed E-state index contributed by atoms with van der Waals surface area (Å²) in [5.74, 6) is -0.256. The molecule has 1 unspecified atom stereocenters. The first kappa shape index (κ1) is 26.5. The van der Waals surface area contributed by atoms with Crippen LogP contribution in [-0.2, 0) is 19.7 Å². The second-order valence-electron chi connectivity index (χ2n) is 7.66. The molecule has 8 nitrogen and oxygen atoms in total. The minimum atomic E-state index is -4.02. The summed E-state index contributed by atoms with van der Waals surface area (Å²) in [7, 11) is -0.0116. The maximum absolute atomic E-state index is 11.9. The van der Waals surface area contributed by atoms with Crippen molar-refractivity contribution in [3.05, 3.63) is 54.3 Å². The van der Waals surface area contributed by atoms with Crippen LogP contribution in [0, 0.1) is 12.8 Å². The van der Waals surface area contributed by atoms with Crippen LogP contribution in [0.3, 0.4) is 0 Å². The summed E-state index contributed by atoms with van der Waals surface area (Å²) in [5, 5.41) is 2.87. The van der Waals surface area contributed by atoms with Crippen LogP contribution >= 0.6 is 0 Å². The van der Waals surface area contributed by atoms with Crippen LogP contribution in [0.2, 0.25) is 0 Å². The van der Waals surface area contributed by atoms with Gasteiger partial charge in [0.05, 0.1) is 10.8 Å². The summed E-state index contributed by atoms with van der Waals surface area (Å²) in [6.45, 7) is 9.48. The molecule has 0 saturated carbocycles. The Bertz CT molecular complexity index is 892. The Morgan fingerprint density at radius 1 is 1.32 bits per heavy atom. The van der Waals surface area contributed by atoms with Gasteiger partial charge in [0.2, 0.25) is 11.8 Å². The van der Waals surface area contributed by atoms with Gasteiger partial charge >= 0.3 is 0 Å². The van der Waals surface area contributed by atoms with Crippen molar-refractivity contribution in [3.8, 4) is 0 Å². The molecule has 2 rings (SSSR count). The molecule has 2 amide bonds. The minimum absolute atomic E-state index is 0.0276. The van der Waals surface area contributed by atoms with Crippen molar-refractivity contribution >= 4 is 21.9 Å². The van der Waals surface area contributed by atoms with Crippen LogP contribution in [0.25, 0.3) is 0 Å². The maximum Gasteiger partial charge on any atom is 0.294 e. The van der Waals surface area contributed by atoms with E-state index < -0.39 is 10.1 Å². The van der Waals surface area contributed by atoms with Gasteiger partial charge in [0.1, 0.15) is 0 Å². The van der Waals surface area contributed by atoms with Crippen molar-refractivity contribution in [1.29, 1.82) is 0 Å². The zero-order valence-corrected chi connectivity index (χ0v) is 19.5. The summed E-state index contributed by atoms with van der Waals surface area (Å²) >= 11 is 0. The zero-order chi connectivity index (χ0) is 23.6. The normalized spacial score (nSPS) is 16.7. The lowest BCUT2D eigenvalue weighted by molar-refractivity contribution is -0.127. The van der Waals surface area contributed by atoms with E-state index in [1.54, 1.807) is 36.2 Å². The molecule has 0 aliphatic carbocycles. The fourth-order valence-corrected chi connectivity index (χ4v) is 3.37. The fraction of sp³-hybridized carbons (Fsp3) is 0.455. The second-order valence-corrected chi connectivity index (χ2v) is 9.08. The third kappa shape index (κ3) is 9.46. The molecule has 1 aromatic rings. The van der Waals surface area contributed by atoms with Crippen LogP contribution in [0.5, 0.6) is 0 Å². The number of aryl methyl sites for hydroxylation is 1. The number of rotatable bonds is 8. The first-order valence-electron chi connectivity index (χ1n) is 10.0. The van der Waals surface area contributed by atoms with E-state index in [0.29, 0.717) is 18.7 Å². The van der Waals surface area contributed by atoms with Gasteiger partial charge < -0.3 is 15.1 Å². The van der Waals surface area contributed by atoms with E-state index in [2.05, 4.69) is 16.8 Å². The van der Waals surface area contributed by atoms with Gasteiger partial charge in [-0.2, -0.15) is 8.42 Å². The van der Waals surface area contributed by atoms with E-state index in [9.17, 15) is 18.0 Å². The Hall–Kier alpha value is -2.49. The molecule has 2 N–H and O–H groups in total. The van der Waals surface area contributed by atoms with Gasteiger partial charge in [-0.15, -0.1) is 0 Å². The number of amides is 2. The van der Waals surface area contributed by atoms with Crippen LogP contribution in [0.1, 0.15) is 25.3 Å². The highest BCUT2D eigenvalue weighted by Crippen LogP contribution is 2.20. The summed E-state index contributed by atoms with van der Waals surface area (Å²) in [6.07, 6.45) is 4.98. The monoisotopic (exact) mass is 451 g/mol. The van der Waals surface area contributed by atoms with Crippen molar-refractivity contribution in [3.63, 3.8) is 0 Å². The van der Waals surface area contributed by atoms with E-state index in [-0.39, 0.29) is 22.6 Å². The maximum atomic E-state index is 11.9. The number of likely N-dealkylation sites (tertiary alicyclic amines) is 1. The molecule has 31 heavy (non-hydrogen) atoms. The molecular formula is C22H33N3O5S. The van der Waals surface area contributed by atoms with Crippen molar-refractivity contribution in [1.82, 2.24) is 15.1 Å². The Morgan fingerprint density at radius 2 is 1.94 bits per heavy atom. The number of benzene rings is 1. The highest BCUT2D eigenvalue weighted by atomic mass is 32.2. The Morgan fingerprint density at radius 3 is 2.42 bits per heavy atom. The SMILES string of the molecule is C=CN1CCC(C=C(C)C(=O)NCCCN(C)C)C1=O.Cc1ccc(S(=O)(=O)O)cc1. The lowest BCUT2D eigenvalue weighted by atomic mass is 10.0. The average molecular weight is 452 g/mol. The van der Waals surface area contributed by atoms with Gasteiger partial charge in [-0.1, -0.05) is 30.4 Å². The topological polar surface area (TPSA) is 107 Å².